The zero-order valence-electron chi connectivity index (χ0n) is 14.7. The lowest BCUT2D eigenvalue weighted by Crippen LogP contribution is -2.39. The van der Waals surface area contributed by atoms with Crippen LogP contribution in [0.25, 0.3) is 0 Å². The van der Waals surface area contributed by atoms with E-state index in [2.05, 4.69) is 54.2 Å². The predicted octanol–water partition coefficient (Wildman–Crippen LogP) is 4.10. The van der Waals surface area contributed by atoms with Crippen molar-refractivity contribution in [1.82, 2.24) is 9.88 Å². The second kappa shape index (κ2) is 8.76. The topological polar surface area (TPSA) is 37.4 Å². The van der Waals surface area contributed by atoms with Crippen LogP contribution in [0, 0.1) is 13.8 Å². The number of rotatable bonds is 6. The number of benzene rings is 1. The number of aromatic nitrogens is 1. The van der Waals surface area contributed by atoms with E-state index in [1.54, 1.807) is 13.3 Å². The van der Waals surface area contributed by atoms with Gasteiger partial charge in [-0.1, -0.05) is 12.1 Å². The molecule has 0 saturated carbocycles. The van der Waals surface area contributed by atoms with Crippen molar-refractivity contribution in [3.05, 3.63) is 59.4 Å². The fourth-order valence-corrected chi connectivity index (χ4v) is 2.83. The van der Waals surface area contributed by atoms with Gasteiger partial charge in [0, 0.05) is 25.5 Å². The van der Waals surface area contributed by atoms with Crippen LogP contribution in [0.5, 0.6) is 0 Å². The lowest BCUT2D eigenvalue weighted by molar-refractivity contribution is 0.164. The normalized spacial score (nSPS) is 11.8. The quantitative estimate of drug-likeness (QED) is 0.799. The van der Waals surface area contributed by atoms with Gasteiger partial charge in [-0.2, -0.15) is 0 Å². The third-order valence-electron chi connectivity index (χ3n) is 4.14. The molecule has 1 aromatic heterocycles. The largest absolute Gasteiger partial charge is 0.383 e. The first-order valence-electron chi connectivity index (χ1n) is 8.07. The Morgan fingerprint density at radius 3 is 2.67 bits per heavy atom. The van der Waals surface area contributed by atoms with Crippen molar-refractivity contribution < 1.29 is 4.74 Å². The maximum atomic E-state index is 5.65. The number of nitrogens with zero attached hydrogens (tertiary/aromatic N) is 2. The van der Waals surface area contributed by atoms with Crippen LogP contribution < -0.4 is 5.32 Å². The van der Waals surface area contributed by atoms with Crippen LogP contribution in [0.2, 0.25) is 0 Å². The molecule has 4 nitrogen and oxygen atoms in total. The highest BCUT2D eigenvalue weighted by Crippen LogP contribution is 2.20. The molecule has 128 valence electrons. The minimum absolute atomic E-state index is 0.0629. The van der Waals surface area contributed by atoms with Crippen molar-refractivity contribution >= 4 is 23.0 Å². The molecule has 1 heterocycles. The predicted molar refractivity (Wildman–Crippen MR) is 103 cm³/mol. The van der Waals surface area contributed by atoms with Gasteiger partial charge < -0.3 is 15.0 Å². The summed E-state index contributed by atoms with van der Waals surface area (Å²) in [6.07, 6.45) is 1.81. The van der Waals surface area contributed by atoms with Gasteiger partial charge in [0.15, 0.2) is 5.11 Å². The monoisotopic (exact) mass is 343 g/mol. The molecule has 0 amide bonds. The maximum absolute atomic E-state index is 5.65. The summed E-state index contributed by atoms with van der Waals surface area (Å²) in [5.41, 5.74) is 4.49. The van der Waals surface area contributed by atoms with Crippen LogP contribution in [-0.4, -0.2) is 35.3 Å². The standard InChI is InChI=1S/C19H25N3OS/c1-14-8-9-17(13-15(14)2)21-19(24)22(11-12-23-4)16(3)18-7-5-6-10-20-18/h5-10,13,16H,11-12H2,1-4H3,(H,21,24). The fraction of sp³-hybridized carbons (Fsp3) is 0.368. The molecular weight excluding hydrogens is 318 g/mol. The Bertz CT molecular complexity index is 676. The minimum atomic E-state index is 0.0629. The number of methoxy groups -OCH3 is 1. The van der Waals surface area contributed by atoms with E-state index in [9.17, 15) is 0 Å². The number of pyridine rings is 1. The first kappa shape index (κ1) is 18.4. The van der Waals surface area contributed by atoms with E-state index in [4.69, 9.17) is 17.0 Å². The first-order chi connectivity index (χ1) is 11.5. The zero-order chi connectivity index (χ0) is 17.5. The Kier molecular flexibility index (Phi) is 6.70. The third-order valence-corrected chi connectivity index (χ3v) is 4.48. The van der Waals surface area contributed by atoms with Crippen molar-refractivity contribution in [3.63, 3.8) is 0 Å². The van der Waals surface area contributed by atoms with Gasteiger partial charge in [0.2, 0.25) is 0 Å². The highest BCUT2D eigenvalue weighted by Gasteiger charge is 2.19. The molecular formula is C19H25N3OS. The van der Waals surface area contributed by atoms with Crippen LogP contribution in [-0.2, 0) is 4.74 Å². The number of ether oxygens (including phenoxy) is 1. The molecule has 2 rings (SSSR count). The number of hydrogen-bond acceptors (Lipinski definition) is 3. The van der Waals surface area contributed by atoms with Crippen molar-refractivity contribution in [2.45, 2.75) is 26.8 Å². The number of anilines is 1. The van der Waals surface area contributed by atoms with Crippen molar-refractivity contribution in [3.8, 4) is 0 Å². The molecule has 0 aliphatic rings. The molecule has 0 aliphatic carbocycles. The van der Waals surface area contributed by atoms with E-state index in [0.29, 0.717) is 18.3 Å². The summed E-state index contributed by atoms with van der Waals surface area (Å²) in [5.74, 6) is 0. The van der Waals surface area contributed by atoms with Gasteiger partial charge in [0.25, 0.3) is 0 Å². The second-order valence-electron chi connectivity index (χ2n) is 5.85. The van der Waals surface area contributed by atoms with Gasteiger partial charge in [-0.05, 0) is 68.4 Å². The Labute approximate surface area is 149 Å². The van der Waals surface area contributed by atoms with Gasteiger partial charge in [-0.25, -0.2) is 0 Å². The molecule has 24 heavy (non-hydrogen) atoms. The van der Waals surface area contributed by atoms with E-state index in [-0.39, 0.29) is 6.04 Å². The van der Waals surface area contributed by atoms with E-state index >= 15 is 0 Å². The van der Waals surface area contributed by atoms with Gasteiger partial charge in [-0.3, -0.25) is 4.98 Å². The summed E-state index contributed by atoms with van der Waals surface area (Å²) in [6, 6.07) is 12.3. The summed E-state index contributed by atoms with van der Waals surface area (Å²) >= 11 is 5.65. The Hall–Kier alpha value is -1.98. The van der Waals surface area contributed by atoms with Gasteiger partial charge in [0.05, 0.1) is 18.3 Å². The SMILES string of the molecule is COCCN(C(=S)Nc1ccc(C)c(C)c1)C(C)c1ccccn1. The zero-order valence-corrected chi connectivity index (χ0v) is 15.6. The van der Waals surface area contributed by atoms with E-state index < -0.39 is 0 Å². The Balaban J connectivity index is 2.16. The summed E-state index contributed by atoms with van der Waals surface area (Å²) in [7, 11) is 1.70. The first-order valence-corrected chi connectivity index (χ1v) is 8.48. The second-order valence-corrected chi connectivity index (χ2v) is 6.23. The lowest BCUT2D eigenvalue weighted by atomic mass is 10.1. The Morgan fingerprint density at radius 2 is 2.04 bits per heavy atom. The smallest absolute Gasteiger partial charge is 0.174 e. The summed E-state index contributed by atoms with van der Waals surface area (Å²) in [6.45, 7) is 7.61. The minimum Gasteiger partial charge on any atom is -0.383 e. The molecule has 0 saturated heterocycles. The van der Waals surface area contributed by atoms with E-state index in [1.807, 2.05) is 18.2 Å². The van der Waals surface area contributed by atoms with Gasteiger partial charge in [0.1, 0.15) is 0 Å². The fourth-order valence-electron chi connectivity index (χ4n) is 2.46. The van der Waals surface area contributed by atoms with Crippen molar-refractivity contribution in [2.24, 2.45) is 0 Å². The average molecular weight is 343 g/mol. The number of thiocarbonyl (C=S) groups is 1. The average Bonchev–Trinajstić information content (AvgIpc) is 2.59. The van der Waals surface area contributed by atoms with Gasteiger partial charge in [-0.15, -0.1) is 0 Å². The lowest BCUT2D eigenvalue weighted by Gasteiger charge is -2.31. The molecule has 1 unspecified atom stereocenters. The highest BCUT2D eigenvalue weighted by molar-refractivity contribution is 7.80. The van der Waals surface area contributed by atoms with Crippen molar-refractivity contribution in [2.75, 3.05) is 25.6 Å². The summed E-state index contributed by atoms with van der Waals surface area (Å²) in [4.78, 5) is 6.56. The number of aryl methyl sites for hydroxylation is 2. The van der Waals surface area contributed by atoms with E-state index in [1.165, 1.54) is 11.1 Å². The van der Waals surface area contributed by atoms with Crippen LogP contribution in [0.15, 0.2) is 42.6 Å². The van der Waals surface area contributed by atoms with Crippen molar-refractivity contribution in [1.29, 1.82) is 0 Å². The highest BCUT2D eigenvalue weighted by atomic mass is 32.1. The number of hydrogen-bond donors (Lipinski definition) is 1. The molecule has 0 spiro atoms. The summed E-state index contributed by atoms with van der Waals surface area (Å²) in [5, 5.41) is 4.02. The molecule has 0 fully saturated rings. The van der Waals surface area contributed by atoms with E-state index in [0.717, 1.165) is 11.4 Å². The molecule has 5 heteroatoms. The molecule has 0 bridgehead atoms. The van der Waals surface area contributed by atoms with Crippen LogP contribution in [0.4, 0.5) is 5.69 Å². The summed E-state index contributed by atoms with van der Waals surface area (Å²) < 4.78 is 5.24. The van der Waals surface area contributed by atoms with Crippen LogP contribution >= 0.6 is 12.2 Å². The molecule has 0 radical (unpaired) electrons. The maximum Gasteiger partial charge on any atom is 0.174 e. The molecule has 1 aromatic carbocycles. The van der Waals surface area contributed by atoms with Crippen LogP contribution in [0.1, 0.15) is 29.8 Å². The molecule has 1 N–H and O–H groups in total. The molecule has 1 atom stereocenters. The van der Waals surface area contributed by atoms with Gasteiger partial charge >= 0.3 is 0 Å². The molecule has 2 aromatic rings. The number of nitrogens with one attached hydrogen (secondary N) is 1. The van der Waals surface area contributed by atoms with Crippen LogP contribution in [0.3, 0.4) is 0 Å². The Morgan fingerprint density at radius 1 is 1.25 bits per heavy atom. The third kappa shape index (κ3) is 4.76. The molecule has 0 aliphatic heterocycles.